The van der Waals surface area contributed by atoms with E-state index in [1.54, 1.807) is 18.3 Å². The van der Waals surface area contributed by atoms with Crippen molar-refractivity contribution in [3.8, 4) is 10.6 Å². The Morgan fingerprint density at radius 2 is 1.90 bits per heavy atom. The summed E-state index contributed by atoms with van der Waals surface area (Å²) in [5.74, 6) is 0. The maximum absolute atomic E-state index is 12.2. The highest BCUT2D eigenvalue weighted by molar-refractivity contribution is 8.00. The average Bonchev–Trinajstić information content (AvgIpc) is 2.86. The first-order chi connectivity index (χ1) is 9.39. The van der Waals surface area contributed by atoms with Crippen molar-refractivity contribution in [2.45, 2.75) is 23.4 Å². The molecule has 0 amide bonds. The minimum Gasteiger partial charge on any atom is -0.312 e. The van der Waals surface area contributed by atoms with Gasteiger partial charge in [0.2, 0.25) is 0 Å². The normalized spacial score (nSPS) is 13.4. The van der Waals surface area contributed by atoms with Crippen molar-refractivity contribution < 1.29 is 13.2 Å². The van der Waals surface area contributed by atoms with Crippen molar-refractivity contribution in [1.82, 2.24) is 10.3 Å². The summed E-state index contributed by atoms with van der Waals surface area (Å²) in [5, 5.41) is 3.93. The zero-order valence-electron chi connectivity index (χ0n) is 10.9. The Labute approximate surface area is 123 Å². The highest BCUT2D eigenvalue weighted by Gasteiger charge is 2.29. The van der Waals surface area contributed by atoms with Crippen molar-refractivity contribution in [2.75, 3.05) is 7.05 Å². The molecule has 0 saturated carbocycles. The molecule has 0 bridgehead atoms. The molecule has 20 heavy (non-hydrogen) atoms. The molecule has 0 aliphatic heterocycles. The number of thioether (sulfide) groups is 1. The highest BCUT2D eigenvalue weighted by atomic mass is 32.2. The predicted molar refractivity (Wildman–Crippen MR) is 76.9 cm³/mol. The van der Waals surface area contributed by atoms with Gasteiger partial charge in [-0.15, -0.1) is 11.3 Å². The summed E-state index contributed by atoms with van der Waals surface area (Å²) >= 11 is 1.43. The van der Waals surface area contributed by atoms with Crippen molar-refractivity contribution in [3.63, 3.8) is 0 Å². The number of thiazole rings is 1. The van der Waals surface area contributed by atoms with E-state index < -0.39 is 5.51 Å². The van der Waals surface area contributed by atoms with Crippen LogP contribution in [0.2, 0.25) is 0 Å². The number of halogens is 3. The lowest BCUT2D eigenvalue weighted by Crippen LogP contribution is -2.10. The number of aromatic nitrogens is 1. The molecular weight excluding hydrogens is 305 g/mol. The van der Waals surface area contributed by atoms with Crippen molar-refractivity contribution in [3.05, 3.63) is 35.3 Å². The van der Waals surface area contributed by atoms with Crippen LogP contribution in [0.5, 0.6) is 0 Å². The lowest BCUT2D eigenvalue weighted by atomic mass is 10.2. The standard InChI is InChI=1S/C13H13F3N2S2/c1-8(17-2)11-7-18-12(19-11)9-3-5-10(6-4-9)20-13(14,15)16/h3-8,17H,1-2H3. The zero-order chi connectivity index (χ0) is 14.8. The molecule has 7 heteroatoms. The third kappa shape index (κ3) is 3.97. The number of nitrogens with one attached hydrogen (secondary N) is 1. The topological polar surface area (TPSA) is 24.9 Å². The first-order valence-electron chi connectivity index (χ1n) is 5.88. The van der Waals surface area contributed by atoms with Gasteiger partial charge < -0.3 is 5.32 Å². The molecule has 0 radical (unpaired) electrons. The van der Waals surface area contributed by atoms with Gasteiger partial charge >= 0.3 is 5.51 Å². The highest BCUT2D eigenvalue weighted by Crippen LogP contribution is 2.37. The molecule has 2 nitrogen and oxygen atoms in total. The van der Waals surface area contributed by atoms with Gasteiger partial charge in [-0.25, -0.2) is 4.98 Å². The second-order valence-corrected chi connectivity index (χ2v) is 6.35. The fourth-order valence-corrected chi connectivity index (χ4v) is 3.08. The van der Waals surface area contributed by atoms with E-state index in [4.69, 9.17) is 0 Å². The molecule has 2 aromatic rings. The fraction of sp³-hybridized carbons (Fsp3) is 0.308. The third-order valence-electron chi connectivity index (χ3n) is 2.72. The van der Waals surface area contributed by atoms with E-state index in [0.717, 1.165) is 15.4 Å². The molecule has 1 atom stereocenters. The maximum atomic E-state index is 12.2. The van der Waals surface area contributed by atoms with E-state index in [9.17, 15) is 13.2 Å². The largest absolute Gasteiger partial charge is 0.446 e. The summed E-state index contributed by atoms with van der Waals surface area (Å²) in [6, 6.07) is 6.48. The van der Waals surface area contributed by atoms with Gasteiger partial charge in [0.1, 0.15) is 5.01 Å². The summed E-state index contributed by atoms with van der Waals surface area (Å²) in [4.78, 5) is 5.59. The molecule has 1 unspecified atom stereocenters. The van der Waals surface area contributed by atoms with Crippen LogP contribution in [-0.4, -0.2) is 17.5 Å². The smallest absolute Gasteiger partial charge is 0.312 e. The maximum Gasteiger partial charge on any atom is 0.446 e. The SMILES string of the molecule is CNC(C)c1cnc(-c2ccc(SC(F)(F)F)cc2)s1. The molecule has 0 saturated heterocycles. The lowest BCUT2D eigenvalue weighted by molar-refractivity contribution is -0.0328. The van der Waals surface area contributed by atoms with Gasteiger partial charge in [0.15, 0.2) is 0 Å². The third-order valence-corrected chi connectivity index (χ3v) is 4.69. The van der Waals surface area contributed by atoms with Gasteiger partial charge in [-0.3, -0.25) is 0 Å². The zero-order valence-corrected chi connectivity index (χ0v) is 12.5. The van der Waals surface area contributed by atoms with Gasteiger partial charge in [0, 0.05) is 27.6 Å². The van der Waals surface area contributed by atoms with Crippen LogP contribution in [0.15, 0.2) is 35.4 Å². The van der Waals surface area contributed by atoms with Crippen LogP contribution in [0.1, 0.15) is 17.8 Å². The molecule has 0 aliphatic rings. The number of hydrogen-bond donors (Lipinski definition) is 1. The molecular formula is C13H13F3N2S2. The van der Waals surface area contributed by atoms with Crippen LogP contribution in [-0.2, 0) is 0 Å². The van der Waals surface area contributed by atoms with Gasteiger partial charge in [-0.05, 0) is 37.9 Å². The van der Waals surface area contributed by atoms with E-state index in [1.165, 1.54) is 23.5 Å². The van der Waals surface area contributed by atoms with Crippen LogP contribution in [0.4, 0.5) is 13.2 Å². The number of benzene rings is 1. The quantitative estimate of drug-likeness (QED) is 0.827. The van der Waals surface area contributed by atoms with E-state index >= 15 is 0 Å². The second-order valence-electron chi connectivity index (χ2n) is 4.15. The molecule has 0 aliphatic carbocycles. The molecule has 1 aromatic heterocycles. The first kappa shape index (κ1) is 15.3. The number of hydrogen-bond acceptors (Lipinski definition) is 4. The summed E-state index contributed by atoms with van der Waals surface area (Å²) < 4.78 is 36.7. The van der Waals surface area contributed by atoms with Crippen molar-refractivity contribution >= 4 is 23.1 Å². The summed E-state index contributed by atoms with van der Waals surface area (Å²) in [6.45, 7) is 2.03. The Bertz CT molecular complexity index is 564. The van der Waals surface area contributed by atoms with Gasteiger partial charge in [0.25, 0.3) is 0 Å². The van der Waals surface area contributed by atoms with Crippen LogP contribution in [0.25, 0.3) is 10.6 Å². The van der Waals surface area contributed by atoms with E-state index in [2.05, 4.69) is 10.3 Å². The Kier molecular flexibility index (Phi) is 4.72. The lowest BCUT2D eigenvalue weighted by Gasteiger charge is -2.06. The molecule has 1 heterocycles. The Morgan fingerprint density at radius 1 is 1.25 bits per heavy atom. The van der Waals surface area contributed by atoms with E-state index in [-0.39, 0.29) is 22.7 Å². The molecule has 0 fully saturated rings. The first-order valence-corrected chi connectivity index (χ1v) is 7.51. The minimum atomic E-state index is -4.25. The van der Waals surface area contributed by atoms with Crippen LogP contribution in [0, 0.1) is 0 Å². The Hall–Kier alpha value is -1.05. The van der Waals surface area contributed by atoms with Gasteiger partial charge in [-0.1, -0.05) is 12.1 Å². The molecule has 1 aromatic carbocycles. The monoisotopic (exact) mass is 318 g/mol. The fourth-order valence-electron chi connectivity index (χ4n) is 1.56. The average molecular weight is 318 g/mol. The minimum absolute atomic E-state index is 0.109. The molecule has 2 rings (SSSR count). The van der Waals surface area contributed by atoms with Gasteiger partial charge in [0.05, 0.1) is 0 Å². The van der Waals surface area contributed by atoms with E-state index in [0.29, 0.717) is 0 Å². The van der Waals surface area contributed by atoms with Crippen molar-refractivity contribution in [1.29, 1.82) is 0 Å². The second kappa shape index (κ2) is 6.15. The molecule has 1 N–H and O–H groups in total. The number of alkyl halides is 3. The van der Waals surface area contributed by atoms with Gasteiger partial charge in [-0.2, -0.15) is 13.2 Å². The molecule has 0 spiro atoms. The number of nitrogens with zero attached hydrogens (tertiary/aromatic N) is 1. The van der Waals surface area contributed by atoms with Crippen LogP contribution >= 0.6 is 23.1 Å². The van der Waals surface area contributed by atoms with Crippen LogP contribution < -0.4 is 5.32 Å². The number of rotatable bonds is 4. The van der Waals surface area contributed by atoms with Crippen molar-refractivity contribution in [2.24, 2.45) is 0 Å². The summed E-state index contributed by atoms with van der Waals surface area (Å²) in [6.07, 6.45) is 1.79. The summed E-state index contributed by atoms with van der Waals surface area (Å²) in [7, 11) is 1.87. The summed E-state index contributed by atoms with van der Waals surface area (Å²) in [5.41, 5.74) is -3.42. The predicted octanol–water partition coefficient (Wildman–Crippen LogP) is 4.70. The Balaban J connectivity index is 2.15. The molecule has 108 valence electrons. The van der Waals surface area contributed by atoms with E-state index in [1.807, 2.05) is 14.0 Å². The van der Waals surface area contributed by atoms with Crippen LogP contribution in [0.3, 0.4) is 0 Å². The Morgan fingerprint density at radius 3 is 2.45 bits per heavy atom.